The maximum absolute atomic E-state index is 13.2. The maximum Gasteiger partial charge on any atom is 0.275 e. The highest BCUT2D eigenvalue weighted by Crippen LogP contribution is 2.37. The summed E-state index contributed by atoms with van der Waals surface area (Å²) in [7, 11) is 1.59. The van der Waals surface area contributed by atoms with Gasteiger partial charge in [0.25, 0.3) is 5.91 Å². The van der Waals surface area contributed by atoms with Crippen molar-refractivity contribution in [2.75, 3.05) is 13.7 Å². The Bertz CT molecular complexity index is 1430. The summed E-state index contributed by atoms with van der Waals surface area (Å²) >= 11 is 0. The van der Waals surface area contributed by atoms with E-state index in [-0.39, 0.29) is 12.1 Å². The summed E-state index contributed by atoms with van der Waals surface area (Å²) in [6.45, 7) is 3.72. The molecule has 2 unspecified atom stereocenters. The molecule has 7 rings (SSSR count). The summed E-state index contributed by atoms with van der Waals surface area (Å²) in [5.74, 6) is 1.02. The number of aromatic nitrogens is 5. The Morgan fingerprint density at radius 2 is 2.18 bits per heavy atom. The molecule has 33 heavy (non-hydrogen) atoms. The number of rotatable bonds is 5. The van der Waals surface area contributed by atoms with Crippen molar-refractivity contribution in [2.24, 2.45) is 5.92 Å². The number of hydrogen-bond acceptors (Lipinski definition) is 6. The van der Waals surface area contributed by atoms with Crippen molar-refractivity contribution in [1.82, 2.24) is 34.4 Å². The molecule has 2 aliphatic heterocycles. The molecule has 1 amide bonds. The van der Waals surface area contributed by atoms with Gasteiger partial charge in [-0.25, -0.2) is 14.5 Å². The molecule has 3 fully saturated rings. The lowest BCUT2D eigenvalue weighted by Crippen LogP contribution is -2.34. The standard InChI is InChI=1S/C24H25N7O2/c1-13-19(18-10-15-4-3-8-25-21(15)30(18)11-14-5-6-14)28-31-12-17(27-23(33-2)20(13)31)24(32)29-9-7-16-22(29)26-16/h3-4,8,10,12,14,16,22,26H,5-7,9,11H2,1-2H3. The Balaban J connectivity index is 1.38. The Hall–Kier alpha value is -3.46. The van der Waals surface area contributed by atoms with Crippen LogP contribution in [-0.2, 0) is 6.54 Å². The number of carbonyl (C=O) groups is 1. The van der Waals surface area contributed by atoms with Crippen LogP contribution in [0.15, 0.2) is 30.6 Å². The van der Waals surface area contributed by atoms with Gasteiger partial charge in [-0.1, -0.05) is 0 Å². The first-order chi connectivity index (χ1) is 16.1. The summed E-state index contributed by atoms with van der Waals surface area (Å²) in [6, 6.07) is 6.65. The van der Waals surface area contributed by atoms with Crippen LogP contribution in [0.5, 0.6) is 5.88 Å². The van der Waals surface area contributed by atoms with E-state index in [2.05, 4.69) is 32.0 Å². The molecule has 4 aromatic rings. The van der Waals surface area contributed by atoms with E-state index in [1.807, 2.05) is 24.1 Å². The third-order valence-electron chi connectivity index (χ3n) is 7.20. The lowest BCUT2D eigenvalue weighted by atomic mass is 10.1. The Morgan fingerprint density at radius 1 is 1.30 bits per heavy atom. The van der Waals surface area contributed by atoms with Crippen molar-refractivity contribution in [3.05, 3.63) is 41.9 Å². The number of nitrogens with one attached hydrogen (secondary N) is 1. The van der Waals surface area contributed by atoms with Crippen LogP contribution in [-0.4, -0.2) is 60.8 Å². The molecular formula is C24H25N7O2. The molecule has 2 atom stereocenters. The number of ether oxygens (including phenoxy) is 1. The van der Waals surface area contributed by atoms with Gasteiger partial charge in [0.2, 0.25) is 5.88 Å². The van der Waals surface area contributed by atoms with E-state index in [9.17, 15) is 4.79 Å². The van der Waals surface area contributed by atoms with Gasteiger partial charge in [-0.2, -0.15) is 5.10 Å². The van der Waals surface area contributed by atoms with Gasteiger partial charge in [0.15, 0.2) is 5.69 Å². The number of fused-ring (bicyclic) bond motifs is 3. The molecule has 0 radical (unpaired) electrons. The zero-order valence-corrected chi connectivity index (χ0v) is 18.7. The third kappa shape index (κ3) is 2.88. The molecule has 2 saturated heterocycles. The first-order valence-corrected chi connectivity index (χ1v) is 11.6. The Morgan fingerprint density at radius 3 is 2.91 bits per heavy atom. The quantitative estimate of drug-likeness (QED) is 0.476. The molecule has 0 spiro atoms. The number of likely N-dealkylation sites (tertiary alicyclic amines) is 1. The van der Waals surface area contributed by atoms with Crippen LogP contribution in [0.1, 0.15) is 35.3 Å². The first kappa shape index (κ1) is 19.0. The number of pyridine rings is 1. The SMILES string of the molecule is COc1nc(C(=O)N2CCC3NC32)cn2nc(-c3cc4cccnc4n3CC3CC3)c(C)c12. The van der Waals surface area contributed by atoms with E-state index in [0.717, 1.165) is 53.0 Å². The minimum atomic E-state index is -0.0885. The summed E-state index contributed by atoms with van der Waals surface area (Å²) in [4.78, 5) is 24.3. The van der Waals surface area contributed by atoms with E-state index in [1.165, 1.54) is 12.8 Å². The predicted octanol–water partition coefficient (Wildman–Crippen LogP) is 2.62. The largest absolute Gasteiger partial charge is 0.479 e. The van der Waals surface area contributed by atoms with Crippen LogP contribution in [0.25, 0.3) is 27.9 Å². The van der Waals surface area contributed by atoms with Crippen LogP contribution in [0.3, 0.4) is 0 Å². The van der Waals surface area contributed by atoms with Crippen molar-refractivity contribution in [3.8, 4) is 17.3 Å². The molecule has 1 N–H and O–H groups in total. The second-order valence-electron chi connectivity index (χ2n) is 9.41. The normalized spacial score (nSPS) is 21.7. The fourth-order valence-electron chi connectivity index (χ4n) is 5.20. The number of amides is 1. The van der Waals surface area contributed by atoms with Gasteiger partial charge >= 0.3 is 0 Å². The molecule has 0 aromatic carbocycles. The van der Waals surface area contributed by atoms with Crippen molar-refractivity contribution in [2.45, 2.75) is 44.9 Å². The molecule has 3 aliphatic rings. The summed E-state index contributed by atoms with van der Waals surface area (Å²) in [5.41, 5.74) is 4.99. The molecular weight excluding hydrogens is 418 g/mol. The van der Waals surface area contributed by atoms with E-state index in [0.29, 0.717) is 23.5 Å². The summed E-state index contributed by atoms with van der Waals surface area (Å²) in [6.07, 6.45) is 7.22. The molecule has 1 saturated carbocycles. The molecule has 0 bridgehead atoms. The van der Waals surface area contributed by atoms with Gasteiger partial charge in [-0.15, -0.1) is 0 Å². The van der Waals surface area contributed by atoms with Crippen molar-refractivity contribution in [1.29, 1.82) is 0 Å². The highest BCUT2D eigenvalue weighted by atomic mass is 16.5. The average Bonchev–Trinajstić information content (AvgIpc) is 3.71. The Kier molecular flexibility index (Phi) is 3.91. The first-order valence-electron chi connectivity index (χ1n) is 11.6. The van der Waals surface area contributed by atoms with Crippen LogP contribution < -0.4 is 10.1 Å². The van der Waals surface area contributed by atoms with E-state index in [4.69, 9.17) is 9.84 Å². The highest BCUT2D eigenvalue weighted by molar-refractivity contribution is 5.94. The number of aryl methyl sites for hydroxylation is 1. The number of nitrogens with zero attached hydrogens (tertiary/aromatic N) is 6. The second kappa shape index (κ2) is 6.77. The minimum absolute atomic E-state index is 0.0885. The molecule has 9 heteroatoms. The smallest absolute Gasteiger partial charge is 0.275 e. The average molecular weight is 444 g/mol. The van der Waals surface area contributed by atoms with Gasteiger partial charge in [0.05, 0.1) is 25.2 Å². The van der Waals surface area contributed by atoms with Crippen molar-refractivity contribution >= 4 is 22.5 Å². The molecule has 168 valence electrons. The molecule has 1 aliphatic carbocycles. The summed E-state index contributed by atoms with van der Waals surface area (Å²) < 4.78 is 9.68. The molecule has 6 heterocycles. The van der Waals surface area contributed by atoms with Crippen molar-refractivity contribution < 1.29 is 9.53 Å². The monoisotopic (exact) mass is 443 g/mol. The van der Waals surface area contributed by atoms with E-state index in [1.54, 1.807) is 17.8 Å². The predicted molar refractivity (Wildman–Crippen MR) is 122 cm³/mol. The minimum Gasteiger partial charge on any atom is -0.479 e. The van der Waals surface area contributed by atoms with Gasteiger partial charge in [-0.05, 0) is 50.3 Å². The van der Waals surface area contributed by atoms with Crippen LogP contribution >= 0.6 is 0 Å². The Labute approximate surface area is 190 Å². The van der Waals surface area contributed by atoms with Gasteiger partial charge in [0, 0.05) is 36.3 Å². The topological polar surface area (TPSA) is 99.5 Å². The summed E-state index contributed by atoms with van der Waals surface area (Å²) in [5, 5.41) is 9.36. The third-order valence-corrected chi connectivity index (χ3v) is 7.20. The number of hydrogen-bond donors (Lipinski definition) is 1. The maximum atomic E-state index is 13.2. The molecule has 4 aromatic heterocycles. The fourth-order valence-corrected chi connectivity index (χ4v) is 5.20. The van der Waals surface area contributed by atoms with Crippen LogP contribution in [0.4, 0.5) is 0 Å². The van der Waals surface area contributed by atoms with E-state index < -0.39 is 0 Å². The fraction of sp³-hybridized carbons (Fsp3) is 0.417. The lowest BCUT2D eigenvalue weighted by Gasteiger charge is -2.17. The number of carbonyl (C=O) groups excluding carboxylic acids is 1. The van der Waals surface area contributed by atoms with Gasteiger partial charge < -0.3 is 14.2 Å². The molecule has 9 nitrogen and oxygen atoms in total. The van der Waals surface area contributed by atoms with Gasteiger partial charge in [-0.3, -0.25) is 10.1 Å². The van der Waals surface area contributed by atoms with Crippen LogP contribution in [0.2, 0.25) is 0 Å². The van der Waals surface area contributed by atoms with E-state index >= 15 is 0 Å². The number of methoxy groups -OCH3 is 1. The second-order valence-corrected chi connectivity index (χ2v) is 9.41. The van der Waals surface area contributed by atoms with Gasteiger partial charge in [0.1, 0.15) is 16.9 Å². The highest BCUT2D eigenvalue weighted by Gasteiger charge is 2.49. The zero-order valence-electron chi connectivity index (χ0n) is 18.7. The lowest BCUT2D eigenvalue weighted by molar-refractivity contribution is 0.0756. The zero-order chi connectivity index (χ0) is 22.3. The van der Waals surface area contributed by atoms with Crippen molar-refractivity contribution in [3.63, 3.8) is 0 Å². The van der Waals surface area contributed by atoms with Crippen LogP contribution in [0, 0.1) is 12.8 Å².